The maximum absolute atomic E-state index is 4.80. The zero-order chi connectivity index (χ0) is 26.9. The smallest absolute Gasteiger partial charge is 0.0287 e. The van der Waals surface area contributed by atoms with Crippen molar-refractivity contribution in [1.82, 2.24) is 0 Å². The van der Waals surface area contributed by atoms with E-state index < -0.39 is 0 Å². The maximum atomic E-state index is 4.80. The van der Waals surface area contributed by atoms with E-state index in [0.717, 1.165) is 31.3 Å². The van der Waals surface area contributed by atoms with Crippen molar-refractivity contribution in [3.8, 4) is 11.8 Å². The standard InChI is InChI=1S/C37H44/c1-23(2)32-25(4)20-36(9)22-35(8)21-31-30(19-17-29-14-12-11-13-15-29)18-16-24(3)33(31)26(5)34(35)28(7)37(36,10)27(32)6/h14,16,18H,1,5-6,11-13,15,20-22H2,2-4,7-10H3/t35-,36+,37-/m1/s1. The van der Waals surface area contributed by atoms with Gasteiger partial charge in [-0.3, -0.25) is 0 Å². The van der Waals surface area contributed by atoms with Gasteiger partial charge < -0.3 is 0 Å². The number of benzene rings is 1. The summed E-state index contributed by atoms with van der Waals surface area (Å²) in [4.78, 5) is 0. The Morgan fingerprint density at radius 2 is 1.70 bits per heavy atom. The lowest BCUT2D eigenvalue weighted by atomic mass is 9.41. The first-order valence-corrected chi connectivity index (χ1v) is 14.1. The van der Waals surface area contributed by atoms with Crippen LogP contribution in [0.5, 0.6) is 0 Å². The predicted molar refractivity (Wildman–Crippen MR) is 160 cm³/mol. The fourth-order valence-electron chi connectivity index (χ4n) is 8.76. The van der Waals surface area contributed by atoms with Crippen molar-refractivity contribution in [3.63, 3.8) is 0 Å². The van der Waals surface area contributed by atoms with E-state index >= 15 is 0 Å². The molecule has 0 amide bonds. The molecule has 0 radical (unpaired) electrons. The van der Waals surface area contributed by atoms with E-state index in [-0.39, 0.29) is 16.2 Å². The highest BCUT2D eigenvalue weighted by atomic mass is 14.6. The Balaban J connectivity index is 1.70. The zero-order valence-electron chi connectivity index (χ0n) is 24.3. The average Bonchev–Trinajstić information content (AvgIpc) is 2.81. The molecular formula is C37H44. The van der Waals surface area contributed by atoms with Crippen molar-refractivity contribution >= 4 is 5.57 Å². The van der Waals surface area contributed by atoms with E-state index in [1.165, 1.54) is 80.5 Å². The molecule has 0 bridgehead atoms. The average molecular weight is 489 g/mol. The largest absolute Gasteiger partial charge is 0.0955 e. The van der Waals surface area contributed by atoms with Gasteiger partial charge in [0, 0.05) is 11.0 Å². The van der Waals surface area contributed by atoms with Gasteiger partial charge in [0.15, 0.2) is 0 Å². The summed E-state index contributed by atoms with van der Waals surface area (Å²) in [6.45, 7) is 30.4. The molecule has 0 heterocycles. The molecule has 0 nitrogen and oxygen atoms in total. The van der Waals surface area contributed by atoms with Crippen LogP contribution in [0.2, 0.25) is 0 Å². The highest BCUT2D eigenvalue weighted by Gasteiger charge is 2.59. The number of fused-ring (bicyclic) bond motifs is 3. The van der Waals surface area contributed by atoms with Crippen molar-refractivity contribution in [1.29, 1.82) is 0 Å². The van der Waals surface area contributed by atoms with Gasteiger partial charge in [-0.05, 0) is 134 Å². The third-order valence-corrected chi connectivity index (χ3v) is 10.5. The van der Waals surface area contributed by atoms with Gasteiger partial charge in [-0.1, -0.05) is 81.2 Å². The van der Waals surface area contributed by atoms with Crippen LogP contribution in [0, 0.1) is 35.0 Å². The van der Waals surface area contributed by atoms with E-state index in [4.69, 9.17) is 13.2 Å². The lowest BCUT2D eigenvalue weighted by Crippen LogP contribution is -2.52. The van der Waals surface area contributed by atoms with Gasteiger partial charge in [0.1, 0.15) is 0 Å². The van der Waals surface area contributed by atoms with Gasteiger partial charge in [-0.2, -0.15) is 0 Å². The van der Waals surface area contributed by atoms with E-state index in [0.29, 0.717) is 0 Å². The normalized spacial score (nSPS) is 31.2. The molecule has 0 fully saturated rings. The van der Waals surface area contributed by atoms with Gasteiger partial charge >= 0.3 is 0 Å². The van der Waals surface area contributed by atoms with E-state index in [9.17, 15) is 0 Å². The molecule has 3 atom stereocenters. The van der Waals surface area contributed by atoms with Gasteiger partial charge in [0.2, 0.25) is 0 Å². The number of hydrogen-bond acceptors (Lipinski definition) is 0. The Morgan fingerprint density at radius 1 is 0.973 bits per heavy atom. The molecule has 4 aliphatic rings. The molecule has 5 rings (SSSR count). The van der Waals surface area contributed by atoms with E-state index in [1.807, 2.05) is 0 Å². The second-order valence-electron chi connectivity index (χ2n) is 13.2. The first kappa shape index (κ1) is 25.9. The molecule has 0 unspecified atom stereocenters. The summed E-state index contributed by atoms with van der Waals surface area (Å²) in [5, 5.41) is 0. The second kappa shape index (κ2) is 8.63. The van der Waals surface area contributed by atoms with Crippen LogP contribution in [0.3, 0.4) is 0 Å². The highest BCUT2D eigenvalue weighted by molar-refractivity contribution is 5.87. The van der Waals surface area contributed by atoms with Crippen molar-refractivity contribution in [2.45, 2.75) is 93.4 Å². The second-order valence-corrected chi connectivity index (χ2v) is 13.2. The van der Waals surface area contributed by atoms with Crippen molar-refractivity contribution in [2.75, 3.05) is 0 Å². The monoisotopic (exact) mass is 488 g/mol. The van der Waals surface area contributed by atoms with Crippen LogP contribution >= 0.6 is 0 Å². The molecular weight excluding hydrogens is 444 g/mol. The summed E-state index contributed by atoms with van der Waals surface area (Å²) in [5.74, 6) is 7.16. The van der Waals surface area contributed by atoms with Crippen molar-refractivity contribution in [2.24, 2.45) is 16.2 Å². The molecule has 1 aromatic rings. The highest BCUT2D eigenvalue weighted by Crippen LogP contribution is 2.70. The molecule has 0 aromatic heterocycles. The van der Waals surface area contributed by atoms with Crippen LogP contribution in [0.4, 0.5) is 0 Å². The summed E-state index contributed by atoms with van der Waals surface area (Å²) < 4.78 is 0. The van der Waals surface area contributed by atoms with Crippen LogP contribution in [-0.4, -0.2) is 0 Å². The molecule has 37 heavy (non-hydrogen) atoms. The van der Waals surface area contributed by atoms with E-state index in [2.05, 4.69) is 85.1 Å². The molecule has 0 N–H and O–H groups in total. The molecule has 0 saturated heterocycles. The third-order valence-electron chi connectivity index (χ3n) is 10.5. The molecule has 1 aromatic carbocycles. The number of hydrogen-bond donors (Lipinski definition) is 0. The summed E-state index contributed by atoms with van der Waals surface area (Å²) in [6.07, 6.45) is 10.4. The van der Waals surface area contributed by atoms with Gasteiger partial charge in [-0.15, -0.1) is 0 Å². The molecule has 0 aliphatic heterocycles. The van der Waals surface area contributed by atoms with Crippen LogP contribution in [0.15, 0.2) is 77.0 Å². The first-order chi connectivity index (χ1) is 17.3. The lowest BCUT2D eigenvalue weighted by molar-refractivity contribution is 0.0544. The maximum Gasteiger partial charge on any atom is 0.0287 e. The van der Waals surface area contributed by atoms with Crippen LogP contribution in [-0.2, 0) is 6.42 Å². The Bertz CT molecular complexity index is 1420. The summed E-state index contributed by atoms with van der Waals surface area (Å²) in [5.41, 5.74) is 15.8. The molecule has 192 valence electrons. The van der Waals surface area contributed by atoms with Crippen LogP contribution < -0.4 is 0 Å². The van der Waals surface area contributed by atoms with Gasteiger partial charge in [0.25, 0.3) is 0 Å². The lowest BCUT2D eigenvalue weighted by Gasteiger charge is -2.62. The van der Waals surface area contributed by atoms with Gasteiger partial charge in [-0.25, -0.2) is 0 Å². The van der Waals surface area contributed by atoms with Crippen LogP contribution in [0.25, 0.3) is 5.57 Å². The van der Waals surface area contributed by atoms with Crippen molar-refractivity contribution in [3.05, 3.63) is 99.2 Å². The Hall–Kier alpha value is -2.78. The number of allylic oxidation sites excluding steroid dienone is 9. The topological polar surface area (TPSA) is 0 Å². The fraction of sp³-hybridized carbons (Fsp3) is 0.459. The zero-order valence-corrected chi connectivity index (χ0v) is 24.3. The van der Waals surface area contributed by atoms with E-state index in [1.54, 1.807) is 0 Å². The molecule has 0 spiro atoms. The fourth-order valence-corrected chi connectivity index (χ4v) is 8.76. The first-order valence-electron chi connectivity index (χ1n) is 14.1. The minimum absolute atomic E-state index is 0.0258. The van der Waals surface area contributed by atoms with Gasteiger partial charge in [0.05, 0.1) is 0 Å². The Labute approximate surface area is 226 Å². The Morgan fingerprint density at radius 3 is 2.35 bits per heavy atom. The minimum atomic E-state index is -0.116. The predicted octanol–water partition coefficient (Wildman–Crippen LogP) is 10.0. The number of rotatable bonds is 1. The SMILES string of the molecule is C=C(C)C1=C(C)C[C@@]2(C)C[C@@]3(C)Cc4c(C#CC5=CCCCC5)ccc(C)c4C(=C)C3=C(C)[C@@]2(C)C1=C. The third kappa shape index (κ3) is 3.65. The summed E-state index contributed by atoms with van der Waals surface area (Å²) in [7, 11) is 0. The molecule has 0 saturated carbocycles. The van der Waals surface area contributed by atoms with Crippen molar-refractivity contribution < 1.29 is 0 Å². The van der Waals surface area contributed by atoms with Crippen LogP contribution in [0.1, 0.15) is 102 Å². The molecule has 4 aliphatic carbocycles. The quantitative estimate of drug-likeness (QED) is 0.345. The molecule has 0 heteroatoms. The summed E-state index contributed by atoms with van der Waals surface area (Å²) >= 11 is 0. The Kier molecular flexibility index (Phi) is 6.03. The number of aryl methyl sites for hydroxylation is 1. The minimum Gasteiger partial charge on any atom is -0.0955 e. The summed E-state index contributed by atoms with van der Waals surface area (Å²) in [6, 6.07) is 4.51.